The summed E-state index contributed by atoms with van der Waals surface area (Å²) in [6, 6.07) is 26.1. The van der Waals surface area contributed by atoms with E-state index >= 15 is 0 Å². The molecule has 29 heavy (non-hydrogen) atoms. The highest BCUT2D eigenvalue weighted by atomic mass is 28.4. The van der Waals surface area contributed by atoms with Crippen molar-refractivity contribution in [3.63, 3.8) is 0 Å². The molecule has 3 aromatic carbocycles. The van der Waals surface area contributed by atoms with E-state index in [1.165, 1.54) is 0 Å². The van der Waals surface area contributed by atoms with Gasteiger partial charge in [-0.3, -0.25) is 4.79 Å². The molecular formula is C24H27NO3Si. The average Bonchev–Trinajstić information content (AvgIpc) is 2.73. The zero-order valence-corrected chi connectivity index (χ0v) is 18.3. The van der Waals surface area contributed by atoms with Gasteiger partial charge in [-0.05, 0) is 37.3 Å². The standard InChI is InChI=1S/C24H27NO3Si/c1-27-22-18-12-11-17-21(22)25(28-29(2,3)4)23(19-13-7-5-8-14-19)24(26)20-15-9-6-10-16-20/h5-18,23H,1-4H3. The smallest absolute Gasteiger partial charge is 0.220 e. The number of anilines is 1. The lowest BCUT2D eigenvalue weighted by Gasteiger charge is -2.37. The SMILES string of the molecule is COc1ccccc1N(O[Si](C)(C)C)C(C(=O)c1ccccc1)c1ccccc1. The summed E-state index contributed by atoms with van der Waals surface area (Å²) in [7, 11) is -0.436. The summed E-state index contributed by atoms with van der Waals surface area (Å²) in [6.07, 6.45) is 0. The Morgan fingerprint density at radius 3 is 1.97 bits per heavy atom. The number of carbonyl (C=O) groups is 1. The van der Waals surface area contributed by atoms with Crippen LogP contribution in [0.25, 0.3) is 0 Å². The first-order valence-corrected chi connectivity index (χ1v) is 13.1. The number of ether oxygens (including phenoxy) is 1. The quantitative estimate of drug-likeness (QED) is 0.266. The second kappa shape index (κ2) is 9.07. The molecule has 0 heterocycles. The van der Waals surface area contributed by atoms with Crippen LogP contribution < -0.4 is 9.80 Å². The molecule has 0 saturated carbocycles. The molecule has 150 valence electrons. The minimum Gasteiger partial charge on any atom is -0.494 e. The third kappa shape index (κ3) is 5.13. The Morgan fingerprint density at radius 2 is 1.38 bits per heavy atom. The molecule has 0 spiro atoms. The van der Waals surface area contributed by atoms with Crippen LogP contribution in [0.2, 0.25) is 19.6 Å². The van der Waals surface area contributed by atoms with Gasteiger partial charge in [0.2, 0.25) is 8.32 Å². The number of para-hydroxylation sites is 2. The number of carbonyl (C=O) groups excluding carboxylic acids is 1. The molecule has 1 unspecified atom stereocenters. The zero-order valence-electron chi connectivity index (χ0n) is 17.3. The van der Waals surface area contributed by atoms with Crippen LogP contribution in [0, 0.1) is 0 Å². The summed E-state index contributed by atoms with van der Waals surface area (Å²) in [4.78, 5) is 13.7. The summed E-state index contributed by atoms with van der Waals surface area (Å²) < 4.78 is 12.1. The number of hydroxylamine groups is 1. The molecule has 4 nitrogen and oxygen atoms in total. The summed E-state index contributed by atoms with van der Waals surface area (Å²) >= 11 is 0. The van der Waals surface area contributed by atoms with Gasteiger partial charge in [0.15, 0.2) is 5.78 Å². The van der Waals surface area contributed by atoms with Crippen molar-refractivity contribution in [2.75, 3.05) is 12.2 Å². The molecule has 0 aliphatic heterocycles. The first-order valence-electron chi connectivity index (χ1n) is 9.66. The van der Waals surface area contributed by atoms with Crippen LogP contribution in [0.5, 0.6) is 5.75 Å². The Hall–Kier alpha value is -2.89. The van der Waals surface area contributed by atoms with Crippen LogP contribution in [0.15, 0.2) is 84.9 Å². The highest BCUT2D eigenvalue weighted by Gasteiger charge is 2.34. The Labute approximate surface area is 173 Å². The maximum absolute atomic E-state index is 13.7. The van der Waals surface area contributed by atoms with Crippen molar-refractivity contribution in [2.45, 2.75) is 25.7 Å². The lowest BCUT2D eigenvalue weighted by Crippen LogP contribution is -2.42. The van der Waals surface area contributed by atoms with E-state index in [1.807, 2.05) is 84.9 Å². The number of hydrogen-bond donors (Lipinski definition) is 0. The Balaban J connectivity index is 2.18. The fourth-order valence-electron chi connectivity index (χ4n) is 3.14. The van der Waals surface area contributed by atoms with E-state index in [9.17, 15) is 4.79 Å². The van der Waals surface area contributed by atoms with Crippen molar-refractivity contribution in [1.82, 2.24) is 0 Å². The number of methoxy groups -OCH3 is 1. The maximum Gasteiger partial charge on any atom is 0.220 e. The van der Waals surface area contributed by atoms with Crippen LogP contribution in [0.1, 0.15) is 22.0 Å². The van der Waals surface area contributed by atoms with Crippen molar-refractivity contribution in [1.29, 1.82) is 0 Å². The van der Waals surface area contributed by atoms with E-state index in [4.69, 9.17) is 9.26 Å². The lowest BCUT2D eigenvalue weighted by atomic mass is 9.96. The zero-order chi connectivity index (χ0) is 20.9. The van der Waals surface area contributed by atoms with Crippen molar-refractivity contribution in [2.24, 2.45) is 0 Å². The van der Waals surface area contributed by atoms with Gasteiger partial charge in [0.1, 0.15) is 17.5 Å². The topological polar surface area (TPSA) is 38.8 Å². The van der Waals surface area contributed by atoms with E-state index in [2.05, 4.69) is 19.6 Å². The Kier molecular flexibility index (Phi) is 6.52. The van der Waals surface area contributed by atoms with Gasteiger partial charge in [-0.1, -0.05) is 72.8 Å². The minimum absolute atomic E-state index is 0.0269. The van der Waals surface area contributed by atoms with Gasteiger partial charge in [0.25, 0.3) is 0 Å². The number of rotatable bonds is 8. The van der Waals surface area contributed by atoms with Crippen molar-refractivity contribution >= 4 is 19.8 Å². The van der Waals surface area contributed by atoms with Crippen molar-refractivity contribution < 1.29 is 14.1 Å². The van der Waals surface area contributed by atoms with Gasteiger partial charge >= 0.3 is 0 Å². The molecule has 0 saturated heterocycles. The van der Waals surface area contributed by atoms with Crippen LogP contribution in [0.4, 0.5) is 5.69 Å². The predicted octanol–water partition coefficient (Wildman–Crippen LogP) is 5.89. The van der Waals surface area contributed by atoms with Crippen molar-refractivity contribution in [3.8, 4) is 5.75 Å². The summed E-state index contributed by atoms with van der Waals surface area (Å²) in [5, 5.41) is 1.75. The monoisotopic (exact) mass is 405 g/mol. The molecular weight excluding hydrogens is 378 g/mol. The van der Waals surface area contributed by atoms with Crippen LogP contribution in [0.3, 0.4) is 0 Å². The number of hydrogen-bond acceptors (Lipinski definition) is 4. The fraction of sp³-hybridized carbons (Fsp3) is 0.208. The van der Waals surface area contributed by atoms with Crippen LogP contribution in [-0.4, -0.2) is 21.2 Å². The van der Waals surface area contributed by atoms with Gasteiger partial charge in [0, 0.05) is 5.56 Å². The molecule has 0 fully saturated rings. The molecule has 1 atom stereocenters. The lowest BCUT2D eigenvalue weighted by molar-refractivity contribution is 0.0905. The molecule has 3 rings (SSSR count). The second-order valence-corrected chi connectivity index (χ2v) is 12.2. The molecule has 5 heteroatoms. The molecule has 0 bridgehead atoms. The van der Waals surface area contributed by atoms with Crippen LogP contribution in [-0.2, 0) is 4.53 Å². The van der Waals surface area contributed by atoms with Crippen molar-refractivity contribution in [3.05, 3.63) is 96.1 Å². The van der Waals surface area contributed by atoms with Gasteiger partial charge in [0.05, 0.1) is 7.11 Å². The van der Waals surface area contributed by atoms with E-state index < -0.39 is 14.4 Å². The molecule has 0 aliphatic rings. The Morgan fingerprint density at radius 1 is 0.828 bits per heavy atom. The molecule has 0 radical (unpaired) electrons. The first kappa shape index (κ1) is 20.8. The van der Waals surface area contributed by atoms with Crippen LogP contribution >= 0.6 is 0 Å². The Bertz CT molecular complexity index is 939. The van der Waals surface area contributed by atoms with Gasteiger partial charge in [-0.2, -0.15) is 0 Å². The first-order chi connectivity index (χ1) is 13.9. The number of nitrogens with zero attached hydrogens (tertiary/aromatic N) is 1. The largest absolute Gasteiger partial charge is 0.494 e. The van der Waals surface area contributed by atoms with Gasteiger partial charge < -0.3 is 9.26 Å². The van der Waals surface area contributed by atoms with Gasteiger partial charge in [-0.15, -0.1) is 0 Å². The number of ketones is 1. The van der Waals surface area contributed by atoms with E-state index in [0.29, 0.717) is 11.3 Å². The molecule has 0 aromatic heterocycles. The maximum atomic E-state index is 13.7. The third-order valence-corrected chi connectivity index (χ3v) is 5.10. The summed E-state index contributed by atoms with van der Waals surface area (Å²) in [6.45, 7) is 6.30. The molecule has 0 aliphatic carbocycles. The number of benzene rings is 3. The van der Waals surface area contributed by atoms with Gasteiger partial charge in [-0.25, -0.2) is 5.06 Å². The highest BCUT2D eigenvalue weighted by molar-refractivity contribution is 6.69. The predicted molar refractivity (Wildman–Crippen MR) is 120 cm³/mol. The highest BCUT2D eigenvalue weighted by Crippen LogP contribution is 2.37. The van der Waals surface area contributed by atoms with E-state index in [-0.39, 0.29) is 5.78 Å². The summed E-state index contributed by atoms with van der Waals surface area (Å²) in [5.74, 6) is 0.633. The third-order valence-electron chi connectivity index (χ3n) is 4.35. The average molecular weight is 406 g/mol. The molecule has 3 aromatic rings. The molecule has 0 N–H and O–H groups in total. The molecule has 0 amide bonds. The van der Waals surface area contributed by atoms with E-state index in [0.717, 1.165) is 11.3 Å². The fourth-order valence-corrected chi connectivity index (χ4v) is 3.93. The normalized spacial score (nSPS) is 12.3. The second-order valence-electron chi connectivity index (χ2n) is 7.74. The van der Waals surface area contributed by atoms with E-state index in [1.54, 1.807) is 12.2 Å². The number of Topliss-reactive ketones (excluding diaryl/α,β-unsaturated/α-hetero) is 1. The minimum atomic E-state index is -2.06. The summed E-state index contributed by atoms with van der Waals surface area (Å²) in [5.41, 5.74) is 2.24.